The average molecular weight is 713 g/mol. The van der Waals surface area contributed by atoms with Gasteiger partial charge in [-0.15, -0.1) is 0 Å². The van der Waals surface area contributed by atoms with Gasteiger partial charge >= 0.3 is 11.9 Å². The van der Waals surface area contributed by atoms with E-state index in [0.717, 1.165) is 25.7 Å². The molecular formula is C38H43Cl2NO8. The number of carbonyl (C=O) groups excluding carboxylic acids is 3. The number of phenols is 2. The third-order valence-electron chi connectivity index (χ3n) is 11.0. The molecule has 3 unspecified atom stereocenters. The number of fused-ring (bicyclic) bond motifs is 5. The number of hydrogen-bond acceptors (Lipinski definition) is 8. The Balaban J connectivity index is 0.000000195. The first-order valence-electron chi connectivity index (χ1n) is 16.4. The van der Waals surface area contributed by atoms with Crippen molar-refractivity contribution in [3.05, 3.63) is 72.8 Å². The number of amides is 1. The Morgan fingerprint density at radius 3 is 2.22 bits per heavy atom. The molecular weight excluding hydrogens is 669 g/mol. The van der Waals surface area contributed by atoms with Gasteiger partial charge in [0.1, 0.15) is 21.9 Å². The van der Waals surface area contributed by atoms with Gasteiger partial charge in [-0.2, -0.15) is 0 Å². The number of nitrogens with two attached hydrogens (primary N) is 1. The lowest BCUT2D eigenvalue weighted by Crippen LogP contribution is -2.54. The molecule has 1 heterocycles. The van der Waals surface area contributed by atoms with Crippen LogP contribution in [0.3, 0.4) is 0 Å². The molecule has 0 radical (unpaired) electrons. The fraction of sp³-hybridized carbons (Fsp3) is 0.447. The molecule has 2 aliphatic carbocycles. The van der Waals surface area contributed by atoms with Crippen LogP contribution < -0.4 is 15.2 Å². The quantitative estimate of drug-likeness (QED) is 0.181. The van der Waals surface area contributed by atoms with Gasteiger partial charge in [0.15, 0.2) is 23.0 Å². The first-order chi connectivity index (χ1) is 22.9. The van der Waals surface area contributed by atoms with Gasteiger partial charge < -0.3 is 30.2 Å². The molecule has 0 aromatic heterocycles. The van der Waals surface area contributed by atoms with E-state index in [1.54, 1.807) is 0 Å². The molecule has 4 N–H and O–H groups in total. The van der Waals surface area contributed by atoms with Crippen LogP contribution in [0.2, 0.25) is 10.0 Å². The highest BCUT2D eigenvalue weighted by Gasteiger charge is 2.54. The molecule has 3 aliphatic rings. The third-order valence-corrected chi connectivity index (χ3v) is 11.8. The summed E-state index contributed by atoms with van der Waals surface area (Å²) in [5.74, 6) is -1.90. The molecule has 1 fully saturated rings. The highest BCUT2D eigenvalue weighted by molar-refractivity contribution is 6.39. The summed E-state index contributed by atoms with van der Waals surface area (Å²) < 4.78 is 15.9. The zero-order valence-corrected chi connectivity index (χ0v) is 30.6. The highest BCUT2D eigenvalue weighted by Crippen LogP contribution is 2.57. The minimum Gasteiger partial charge on any atom is -0.507 e. The van der Waals surface area contributed by atoms with Crippen LogP contribution in [0.4, 0.5) is 0 Å². The van der Waals surface area contributed by atoms with Crippen LogP contribution in [0.15, 0.2) is 18.2 Å². The third kappa shape index (κ3) is 5.78. The van der Waals surface area contributed by atoms with E-state index >= 15 is 0 Å². The van der Waals surface area contributed by atoms with Crippen molar-refractivity contribution in [3.63, 3.8) is 0 Å². The van der Waals surface area contributed by atoms with E-state index in [9.17, 15) is 24.6 Å². The Bertz CT molecular complexity index is 1900. The summed E-state index contributed by atoms with van der Waals surface area (Å²) in [7, 11) is 1.17. The van der Waals surface area contributed by atoms with Gasteiger partial charge in [0.05, 0.1) is 12.1 Å². The molecule has 0 spiro atoms. The van der Waals surface area contributed by atoms with Crippen LogP contribution in [-0.4, -0.2) is 35.2 Å². The number of aryl methyl sites for hydroxylation is 1. The summed E-state index contributed by atoms with van der Waals surface area (Å²) in [6.45, 7) is 13.4. The van der Waals surface area contributed by atoms with Crippen molar-refractivity contribution in [2.24, 2.45) is 17.1 Å². The number of phenolic OH excluding ortho intramolecular Hbond substituents is 2. The summed E-state index contributed by atoms with van der Waals surface area (Å²) in [6.07, 6.45) is 5.39. The van der Waals surface area contributed by atoms with Crippen molar-refractivity contribution in [3.8, 4) is 28.7 Å². The van der Waals surface area contributed by atoms with Gasteiger partial charge in [0.25, 0.3) is 0 Å². The smallest absolute Gasteiger partial charge is 0.347 e. The lowest BCUT2D eigenvalue weighted by atomic mass is 9.49. The van der Waals surface area contributed by atoms with Gasteiger partial charge in [-0.1, -0.05) is 75.5 Å². The van der Waals surface area contributed by atoms with Gasteiger partial charge in [-0.3, -0.25) is 4.79 Å². The highest BCUT2D eigenvalue weighted by atomic mass is 35.5. The summed E-state index contributed by atoms with van der Waals surface area (Å²) in [5, 5.41) is 20.1. The normalized spacial score (nSPS) is 22.2. The maximum Gasteiger partial charge on any atom is 0.347 e. The van der Waals surface area contributed by atoms with E-state index in [2.05, 4.69) is 45.9 Å². The zero-order chi connectivity index (χ0) is 36.3. The maximum atomic E-state index is 12.7. The number of rotatable bonds is 3. The molecule has 1 saturated carbocycles. The number of methoxy groups -OCH3 is 1. The molecule has 0 saturated heterocycles. The summed E-state index contributed by atoms with van der Waals surface area (Å²) in [6, 6.07) is 7.02. The first-order valence-corrected chi connectivity index (χ1v) is 17.1. The van der Waals surface area contributed by atoms with E-state index in [-0.39, 0.29) is 71.8 Å². The summed E-state index contributed by atoms with van der Waals surface area (Å²) in [4.78, 5) is 36.9. The van der Waals surface area contributed by atoms with Gasteiger partial charge in [-0.05, 0) is 86.0 Å². The van der Waals surface area contributed by atoms with Crippen molar-refractivity contribution in [2.45, 2.75) is 91.9 Å². The van der Waals surface area contributed by atoms with Crippen molar-refractivity contribution in [1.29, 1.82) is 0 Å². The fourth-order valence-electron chi connectivity index (χ4n) is 8.05. The summed E-state index contributed by atoms with van der Waals surface area (Å²) in [5.41, 5.74) is 10.2. The lowest BCUT2D eigenvalue weighted by Gasteiger charge is -2.54. The standard InChI is InChI=1S/C20H29NO.C18H14Cl2O7/c1-13(2)14-6-8-16-15(12-14)7-9-17-19(16,3)10-5-11-20(17,4)18(21)22;1-5-9-16(11(20)13(22)10(5)19)26-14-6(2)8(17(23)25-4)12(21)7(3)15(14)27-18(9)24/h6,8,12-13,17H,5,7,9-11H2,1-4H3,(H2,21,22);21-22H,1-4H3. The largest absolute Gasteiger partial charge is 0.507 e. The monoisotopic (exact) mass is 711 g/mol. The number of carbonyl (C=O) groups is 3. The van der Waals surface area contributed by atoms with Gasteiger partial charge in [0, 0.05) is 16.5 Å². The molecule has 11 heteroatoms. The number of halogens is 2. The molecule has 49 heavy (non-hydrogen) atoms. The van der Waals surface area contributed by atoms with Crippen LogP contribution in [0, 0.1) is 32.1 Å². The molecule has 262 valence electrons. The maximum absolute atomic E-state index is 12.7. The van der Waals surface area contributed by atoms with Crippen LogP contribution in [-0.2, 0) is 21.4 Å². The Morgan fingerprint density at radius 1 is 0.959 bits per heavy atom. The Hall–Kier alpha value is -3.95. The van der Waals surface area contributed by atoms with Crippen molar-refractivity contribution < 1.29 is 38.8 Å². The van der Waals surface area contributed by atoms with Crippen LogP contribution in [0.1, 0.15) is 113 Å². The number of aromatic hydroxyl groups is 2. The first kappa shape index (κ1) is 36.3. The molecule has 3 atom stereocenters. The molecule has 3 aromatic rings. The second-order valence-electron chi connectivity index (χ2n) is 14.1. The molecule has 0 bridgehead atoms. The number of primary amides is 1. The predicted molar refractivity (Wildman–Crippen MR) is 188 cm³/mol. The second kappa shape index (κ2) is 13.1. The number of hydrogen-bond donors (Lipinski definition) is 3. The molecule has 1 amide bonds. The summed E-state index contributed by atoms with van der Waals surface area (Å²) >= 11 is 12.2. The Kier molecular flexibility index (Phi) is 9.69. The van der Waals surface area contributed by atoms with E-state index < -0.39 is 23.4 Å². The van der Waals surface area contributed by atoms with E-state index in [1.807, 2.05) is 0 Å². The average Bonchev–Trinajstić information content (AvgIpc) is 3.22. The molecule has 3 aromatic carbocycles. The van der Waals surface area contributed by atoms with Crippen molar-refractivity contribution in [2.75, 3.05) is 7.11 Å². The van der Waals surface area contributed by atoms with Crippen LogP contribution in [0.5, 0.6) is 28.7 Å². The lowest BCUT2D eigenvalue weighted by molar-refractivity contribution is -0.135. The van der Waals surface area contributed by atoms with Gasteiger partial charge in [-0.25, -0.2) is 9.59 Å². The van der Waals surface area contributed by atoms with Crippen LogP contribution >= 0.6 is 23.2 Å². The van der Waals surface area contributed by atoms with E-state index in [0.29, 0.717) is 11.8 Å². The number of ether oxygens (including phenoxy) is 3. The number of benzene rings is 3. The minimum absolute atomic E-state index is 0.0131. The fourth-order valence-corrected chi connectivity index (χ4v) is 8.51. The topological polar surface area (TPSA) is 145 Å². The number of esters is 2. The Morgan fingerprint density at radius 2 is 1.61 bits per heavy atom. The Labute approximate surface area is 296 Å². The van der Waals surface area contributed by atoms with Crippen molar-refractivity contribution >= 4 is 41.0 Å². The molecule has 1 aliphatic heterocycles. The zero-order valence-electron chi connectivity index (χ0n) is 29.1. The van der Waals surface area contributed by atoms with Crippen molar-refractivity contribution in [1.82, 2.24) is 0 Å². The predicted octanol–water partition coefficient (Wildman–Crippen LogP) is 8.75. The molecule has 9 nitrogen and oxygen atoms in total. The van der Waals surface area contributed by atoms with Gasteiger partial charge in [0.2, 0.25) is 5.91 Å². The SMILES string of the molecule is CC(C)c1ccc2c(c1)CCC1C(C)(C(N)=O)CCCC21C.COC(=O)c1c(C)c2c(c(C)c1O)OC(=O)c1c(C)c(Cl)c(O)c(Cl)c1O2. The molecule has 6 rings (SSSR count). The van der Waals surface area contributed by atoms with Crippen LogP contribution in [0.25, 0.3) is 0 Å². The van der Waals surface area contributed by atoms with E-state index in [1.165, 1.54) is 51.0 Å². The van der Waals surface area contributed by atoms with E-state index in [4.69, 9.17) is 43.1 Å². The minimum atomic E-state index is -0.835. The second-order valence-corrected chi connectivity index (χ2v) is 14.9.